The van der Waals surface area contributed by atoms with E-state index in [4.69, 9.17) is 19.3 Å². The number of aliphatic hydroxyl groups is 1. The normalized spacial score (nSPS) is 20.1. The molecule has 0 spiro atoms. The highest BCUT2D eigenvalue weighted by atomic mass is 16.8. The molecule has 1 fully saturated rings. The SMILES string of the molecule is CC(CNC(=O)OC(C)(C)C)OC(=O)ON(C1CC(CCc2ccc3c(n2)NCCC3)C1)[C@@H](CCO)C(=O)O. The van der Waals surface area contributed by atoms with Crippen molar-refractivity contribution in [3.63, 3.8) is 0 Å². The highest BCUT2D eigenvalue weighted by molar-refractivity contribution is 5.73. The molecule has 4 N–H and O–H groups in total. The Labute approximate surface area is 229 Å². The van der Waals surface area contributed by atoms with Crippen LogP contribution in [0.5, 0.6) is 0 Å². The predicted octanol–water partition coefficient (Wildman–Crippen LogP) is 3.27. The lowest BCUT2D eigenvalue weighted by atomic mass is 9.76. The lowest BCUT2D eigenvalue weighted by Crippen LogP contribution is -2.53. The molecule has 12 heteroatoms. The zero-order chi connectivity index (χ0) is 28.6. The van der Waals surface area contributed by atoms with Crippen molar-refractivity contribution >= 4 is 24.0 Å². The van der Waals surface area contributed by atoms with Gasteiger partial charge in [0.05, 0.1) is 6.54 Å². The van der Waals surface area contributed by atoms with E-state index in [0.717, 1.165) is 48.8 Å². The molecule has 12 nitrogen and oxygen atoms in total. The Balaban J connectivity index is 1.51. The predicted molar refractivity (Wildman–Crippen MR) is 142 cm³/mol. The molecule has 3 rings (SSSR count). The number of nitrogens with one attached hydrogen (secondary N) is 2. The number of pyridine rings is 1. The smallest absolute Gasteiger partial charge is 0.480 e. The summed E-state index contributed by atoms with van der Waals surface area (Å²) in [4.78, 5) is 46.4. The number of anilines is 1. The van der Waals surface area contributed by atoms with Gasteiger partial charge in [-0.15, -0.1) is 5.06 Å². The first kappa shape index (κ1) is 30.4. The fourth-order valence-electron chi connectivity index (χ4n) is 4.73. The number of aliphatic hydroxyl groups excluding tert-OH is 1. The molecule has 1 amide bonds. The molecule has 218 valence electrons. The molecule has 0 saturated heterocycles. The second kappa shape index (κ2) is 13.8. The Morgan fingerprint density at radius 2 is 2.00 bits per heavy atom. The molecular weight excluding hydrogens is 508 g/mol. The number of aliphatic carboxylic acids is 1. The van der Waals surface area contributed by atoms with Crippen molar-refractivity contribution in [1.82, 2.24) is 15.4 Å². The van der Waals surface area contributed by atoms with Gasteiger partial charge < -0.3 is 35.2 Å². The van der Waals surface area contributed by atoms with Crippen LogP contribution in [0.3, 0.4) is 0 Å². The number of aromatic nitrogens is 1. The highest BCUT2D eigenvalue weighted by Gasteiger charge is 2.42. The van der Waals surface area contributed by atoms with E-state index >= 15 is 0 Å². The van der Waals surface area contributed by atoms with E-state index in [2.05, 4.69) is 22.8 Å². The van der Waals surface area contributed by atoms with E-state index in [1.807, 2.05) is 0 Å². The van der Waals surface area contributed by atoms with E-state index < -0.39 is 36.0 Å². The van der Waals surface area contributed by atoms with Gasteiger partial charge in [-0.3, -0.25) is 4.79 Å². The van der Waals surface area contributed by atoms with Crippen LogP contribution < -0.4 is 10.6 Å². The van der Waals surface area contributed by atoms with Crippen molar-refractivity contribution in [2.75, 3.05) is 25.0 Å². The number of fused-ring (bicyclic) bond motifs is 1. The van der Waals surface area contributed by atoms with E-state index in [1.165, 1.54) is 5.56 Å². The van der Waals surface area contributed by atoms with Gasteiger partial charge in [-0.2, -0.15) is 0 Å². The molecule has 0 bridgehead atoms. The quantitative estimate of drug-likeness (QED) is 0.223. The molecule has 1 aromatic heterocycles. The minimum atomic E-state index is -1.21. The summed E-state index contributed by atoms with van der Waals surface area (Å²) in [7, 11) is 0. The highest BCUT2D eigenvalue weighted by Crippen LogP contribution is 2.37. The van der Waals surface area contributed by atoms with Gasteiger partial charge in [0.2, 0.25) is 0 Å². The Hall–Kier alpha value is -3.12. The number of carboxylic acid groups (broad SMARTS) is 1. The number of rotatable bonds is 12. The summed E-state index contributed by atoms with van der Waals surface area (Å²) >= 11 is 0. The largest absolute Gasteiger partial charge is 0.528 e. The van der Waals surface area contributed by atoms with E-state index in [0.29, 0.717) is 18.8 Å². The molecule has 1 unspecified atom stereocenters. The van der Waals surface area contributed by atoms with Gasteiger partial charge in [0.25, 0.3) is 0 Å². The number of hydrogen-bond donors (Lipinski definition) is 4. The number of carbonyl (C=O) groups excluding carboxylic acids is 2. The third kappa shape index (κ3) is 9.54. The summed E-state index contributed by atoms with van der Waals surface area (Å²) in [6.45, 7) is 7.31. The summed E-state index contributed by atoms with van der Waals surface area (Å²) in [5, 5.41) is 26.1. The van der Waals surface area contributed by atoms with E-state index in [-0.39, 0.29) is 25.6 Å². The number of carboxylic acids is 1. The number of ether oxygens (including phenoxy) is 2. The maximum absolute atomic E-state index is 12.5. The molecule has 1 aliphatic heterocycles. The first-order valence-corrected chi connectivity index (χ1v) is 13.6. The van der Waals surface area contributed by atoms with Crippen molar-refractivity contribution in [3.8, 4) is 0 Å². The molecule has 39 heavy (non-hydrogen) atoms. The van der Waals surface area contributed by atoms with Crippen LogP contribution in [0.15, 0.2) is 12.1 Å². The van der Waals surface area contributed by atoms with E-state index in [9.17, 15) is 24.6 Å². The summed E-state index contributed by atoms with van der Waals surface area (Å²) in [5.74, 6) is 0.0845. The van der Waals surface area contributed by atoms with Gasteiger partial charge in [0.15, 0.2) is 0 Å². The lowest BCUT2D eigenvalue weighted by molar-refractivity contribution is -0.215. The van der Waals surface area contributed by atoms with Crippen molar-refractivity contribution in [1.29, 1.82) is 0 Å². The van der Waals surface area contributed by atoms with Crippen LogP contribution in [-0.2, 0) is 31.9 Å². The number of hydroxylamine groups is 2. The maximum atomic E-state index is 12.5. The Morgan fingerprint density at radius 3 is 2.67 bits per heavy atom. The number of carbonyl (C=O) groups is 3. The summed E-state index contributed by atoms with van der Waals surface area (Å²) < 4.78 is 10.4. The zero-order valence-electron chi connectivity index (χ0n) is 23.3. The minimum absolute atomic E-state index is 0.0131. The molecule has 0 radical (unpaired) electrons. The van der Waals surface area contributed by atoms with Crippen LogP contribution in [0.2, 0.25) is 0 Å². The molecule has 2 aliphatic rings. The van der Waals surface area contributed by atoms with Gasteiger partial charge >= 0.3 is 18.2 Å². The Morgan fingerprint density at radius 1 is 1.26 bits per heavy atom. The van der Waals surface area contributed by atoms with Crippen molar-refractivity contribution in [2.24, 2.45) is 5.92 Å². The minimum Gasteiger partial charge on any atom is -0.480 e. The van der Waals surface area contributed by atoms with Gasteiger partial charge in [-0.05, 0) is 90.2 Å². The summed E-state index contributed by atoms with van der Waals surface area (Å²) in [6, 6.07) is 2.67. The number of alkyl carbamates (subject to hydrolysis) is 1. The van der Waals surface area contributed by atoms with Crippen molar-refractivity contribution in [3.05, 3.63) is 23.4 Å². The summed E-state index contributed by atoms with van der Waals surface area (Å²) in [5.41, 5.74) is 1.59. The molecule has 1 aliphatic carbocycles. The Bertz CT molecular complexity index is 992. The van der Waals surface area contributed by atoms with E-state index in [1.54, 1.807) is 27.7 Å². The molecule has 0 aromatic carbocycles. The first-order chi connectivity index (χ1) is 18.4. The summed E-state index contributed by atoms with van der Waals surface area (Å²) in [6.07, 6.45) is 2.53. The molecule has 1 saturated carbocycles. The fraction of sp³-hybridized carbons (Fsp3) is 0.704. The van der Waals surface area contributed by atoms with Crippen LogP contribution in [0.1, 0.15) is 71.1 Å². The Kier molecular flexibility index (Phi) is 10.8. The number of aryl methyl sites for hydroxylation is 2. The van der Waals surface area contributed by atoms with Crippen molar-refractivity contribution in [2.45, 2.75) is 96.4 Å². The van der Waals surface area contributed by atoms with Gasteiger partial charge in [-0.1, -0.05) is 6.07 Å². The topological polar surface area (TPSA) is 160 Å². The van der Waals surface area contributed by atoms with Gasteiger partial charge in [0, 0.05) is 24.9 Å². The second-order valence-corrected chi connectivity index (χ2v) is 11.2. The molecule has 1 aromatic rings. The standard InChI is InChI=1S/C27H42N4O8/c1-17(16-29-25(35)38-27(2,3)4)37-26(36)39-31(22(11-13-32)24(33)34)21-14-18(15-21)7-9-20-10-8-19-6-5-12-28-23(19)30-20/h8,10,17-18,21-22,32H,5-7,9,11-16H2,1-4H3,(H,28,30)(H,29,35)(H,33,34)/t17?,18?,21?,22-/m0/s1. The molecular formula is C27H42N4O8. The monoisotopic (exact) mass is 550 g/mol. The number of amides is 1. The number of nitrogens with zero attached hydrogens (tertiary/aromatic N) is 2. The third-order valence-corrected chi connectivity index (χ3v) is 6.74. The maximum Gasteiger partial charge on any atom is 0.528 e. The van der Waals surface area contributed by atoms with Gasteiger partial charge in [0.1, 0.15) is 23.6 Å². The van der Waals surface area contributed by atoms with Crippen molar-refractivity contribution < 1.29 is 38.9 Å². The molecule has 2 atom stereocenters. The molecule has 2 heterocycles. The van der Waals surface area contributed by atoms with Crippen LogP contribution in [0.4, 0.5) is 15.4 Å². The van der Waals surface area contributed by atoms with Crippen LogP contribution in [0.25, 0.3) is 0 Å². The fourth-order valence-corrected chi connectivity index (χ4v) is 4.73. The average Bonchev–Trinajstić information content (AvgIpc) is 2.83. The number of hydrogen-bond acceptors (Lipinski definition) is 10. The van der Waals surface area contributed by atoms with Crippen LogP contribution in [-0.4, -0.2) is 82.0 Å². The second-order valence-electron chi connectivity index (χ2n) is 11.2. The van der Waals surface area contributed by atoms with Gasteiger partial charge in [-0.25, -0.2) is 14.6 Å². The van der Waals surface area contributed by atoms with Crippen LogP contribution in [0, 0.1) is 5.92 Å². The third-order valence-electron chi connectivity index (χ3n) is 6.74. The van der Waals surface area contributed by atoms with Crippen LogP contribution >= 0.6 is 0 Å². The lowest BCUT2D eigenvalue weighted by Gasteiger charge is -2.43. The zero-order valence-corrected chi connectivity index (χ0v) is 23.3. The first-order valence-electron chi connectivity index (χ1n) is 13.6. The average molecular weight is 551 g/mol.